The van der Waals surface area contributed by atoms with E-state index in [4.69, 9.17) is 0 Å². The smallest absolute Gasteiger partial charge is 0.258 e. The molecule has 0 unspecified atom stereocenters. The number of carbonyl (C=O) groups excluding carboxylic acids is 4. The average molecular weight is 542 g/mol. The normalized spacial score (nSPS) is 30.1. The third kappa shape index (κ3) is 8.12. The number of allylic oxidation sites excluding steroid dienone is 1. The van der Waals surface area contributed by atoms with Crippen LogP contribution in [-0.2, 0) is 19.2 Å². The molecule has 39 heavy (non-hydrogen) atoms. The Balaban J connectivity index is 1.85. The first kappa shape index (κ1) is 30.3. The topological polar surface area (TPSA) is 140 Å². The van der Waals surface area contributed by atoms with Crippen LogP contribution in [0.4, 0.5) is 0 Å². The van der Waals surface area contributed by atoms with Crippen molar-refractivity contribution in [2.45, 2.75) is 90.6 Å². The van der Waals surface area contributed by atoms with Crippen molar-refractivity contribution in [2.24, 2.45) is 11.8 Å². The van der Waals surface area contributed by atoms with Crippen LogP contribution in [0.5, 0.6) is 0 Å². The van der Waals surface area contributed by atoms with E-state index in [-0.39, 0.29) is 23.8 Å². The zero-order valence-electron chi connectivity index (χ0n) is 23.6. The summed E-state index contributed by atoms with van der Waals surface area (Å²) in [7, 11) is 0. The first-order valence-corrected chi connectivity index (χ1v) is 13.9. The largest absolute Gasteiger partial charge is 0.392 e. The summed E-state index contributed by atoms with van der Waals surface area (Å²) in [4.78, 5) is 52.2. The number of hydrogen-bond donors (Lipinski definition) is 5. The van der Waals surface area contributed by atoms with Crippen LogP contribution >= 0.6 is 0 Å². The van der Waals surface area contributed by atoms with Crippen molar-refractivity contribution in [2.75, 3.05) is 6.54 Å². The number of nitrogens with one attached hydrogen (secondary N) is 4. The summed E-state index contributed by atoms with van der Waals surface area (Å²) >= 11 is 0. The van der Waals surface area contributed by atoms with E-state index in [0.717, 1.165) is 11.1 Å². The van der Waals surface area contributed by atoms with Gasteiger partial charge in [0.25, 0.3) is 5.91 Å². The maximum Gasteiger partial charge on any atom is 0.258 e. The molecule has 1 saturated heterocycles. The van der Waals surface area contributed by atoms with Gasteiger partial charge in [-0.2, -0.15) is 0 Å². The molecule has 0 radical (unpaired) electrons. The van der Waals surface area contributed by atoms with Gasteiger partial charge in [-0.25, -0.2) is 5.43 Å². The quantitative estimate of drug-likeness (QED) is 0.367. The number of nitrogens with zero attached hydrogens (tertiary/aromatic N) is 1. The van der Waals surface area contributed by atoms with Crippen LogP contribution in [0.3, 0.4) is 0 Å². The summed E-state index contributed by atoms with van der Waals surface area (Å²) in [5.41, 5.74) is 4.93. The molecule has 2 aliphatic heterocycles. The van der Waals surface area contributed by atoms with Crippen LogP contribution in [0, 0.1) is 11.8 Å². The number of rotatable bonds is 1. The third-order valence-electron chi connectivity index (χ3n) is 7.44. The highest BCUT2D eigenvalue weighted by molar-refractivity contribution is 5.92. The lowest BCUT2D eigenvalue weighted by atomic mass is 9.96. The van der Waals surface area contributed by atoms with Gasteiger partial charge in [0, 0.05) is 6.54 Å². The molecule has 1 aromatic rings. The number of aliphatic hydroxyl groups is 1. The number of hydrogen-bond acceptors (Lipinski definition) is 6. The molecule has 0 aliphatic carbocycles. The van der Waals surface area contributed by atoms with Crippen LogP contribution in [0.1, 0.15) is 77.5 Å². The summed E-state index contributed by atoms with van der Waals surface area (Å²) in [5.74, 6) is -2.43. The molecule has 4 amide bonds. The molecule has 2 heterocycles. The van der Waals surface area contributed by atoms with Crippen LogP contribution in [0.15, 0.2) is 30.3 Å². The molecular weight excluding hydrogens is 498 g/mol. The Labute approximate surface area is 230 Å². The van der Waals surface area contributed by atoms with Crippen molar-refractivity contribution < 1.29 is 24.3 Å². The lowest BCUT2D eigenvalue weighted by Gasteiger charge is -2.35. The van der Waals surface area contributed by atoms with Gasteiger partial charge >= 0.3 is 0 Å². The minimum Gasteiger partial charge on any atom is -0.392 e. The van der Waals surface area contributed by atoms with E-state index in [2.05, 4.69) is 21.4 Å². The van der Waals surface area contributed by atoms with Crippen LogP contribution < -0.4 is 21.4 Å². The fraction of sp³-hybridized carbons (Fsp3) is 0.586. The van der Waals surface area contributed by atoms with Crippen molar-refractivity contribution in [1.82, 2.24) is 26.4 Å². The summed E-state index contributed by atoms with van der Waals surface area (Å²) in [6.45, 7) is 9.15. The number of carbonyl (C=O) groups is 4. The summed E-state index contributed by atoms with van der Waals surface area (Å²) in [6, 6.07) is 5.26. The van der Waals surface area contributed by atoms with Gasteiger partial charge in [-0.15, -0.1) is 0 Å². The molecule has 3 rings (SSSR count). The second-order valence-corrected chi connectivity index (χ2v) is 11.0. The van der Waals surface area contributed by atoms with E-state index in [0.29, 0.717) is 32.2 Å². The van der Waals surface area contributed by atoms with Gasteiger partial charge in [-0.1, -0.05) is 51.1 Å². The molecule has 0 spiro atoms. The van der Waals surface area contributed by atoms with Gasteiger partial charge < -0.3 is 21.1 Å². The maximum absolute atomic E-state index is 13.2. The standard InChI is InChI=1S/C29H43N5O5/c1-17(2)25-28(38)31-20(5)29(39)34-15-9-13-23(33-34)27(37)30-19(4)22-12-8-11-21(16-22)10-6-7-14-24(35)18(3)26(36)32-25/h6,8,10-12,16-20,23-25,33,35H,7,9,13-15H2,1-5H3,(H,30,37)(H,31,38)(H,32,36)/t18-,19-,20+,23+,24-,25+/m1/s1. The number of aliphatic hydroxyl groups excluding tert-OH is 1. The number of amides is 4. The van der Waals surface area contributed by atoms with Gasteiger partial charge in [0.2, 0.25) is 17.7 Å². The van der Waals surface area contributed by atoms with Crippen molar-refractivity contribution in [1.29, 1.82) is 0 Å². The van der Waals surface area contributed by atoms with Crippen molar-refractivity contribution in [3.8, 4) is 0 Å². The molecule has 0 aromatic heterocycles. The van der Waals surface area contributed by atoms with Gasteiger partial charge in [0.15, 0.2) is 0 Å². The SMILES string of the molecule is CC(C)[C@@H]1NC(=O)[C@H](C)[C@H](O)CCC=Cc2cccc(c2)[C@@H](C)NC(=O)[C@@H]2CCCN(N2)C(=O)[C@H](C)NC1=O. The predicted octanol–water partition coefficient (Wildman–Crippen LogP) is 1.81. The molecule has 1 aromatic carbocycles. The highest BCUT2D eigenvalue weighted by Gasteiger charge is 2.34. The van der Waals surface area contributed by atoms with E-state index in [1.54, 1.807) is 27.7 Å². The van der Waals surface area contributed by atoms with Crippen LogP contribution in [0.2, 0.25) is 0 Å². The zero-order chi connectivity index (χ0) is 28.7. The Hall–Kier alpha value is -3.24. The fourth-order valence-electron chi connectivity index (χ4n) is 4.79. The molecule has 214 valence electrons. The van der Waals surface area contributed by atoms with E-state index < -0.39 is 42.0 Å². The molecule has 5 N–H and O–H groups in total. The van der Waals surface area contributed by atoms with E-state index in [1.807, 2.05) is 43.3 Å². The van der Waals surface area contributed by atoms with Gasteiger partial charge in [0.05, 0.1) is 18.1 Å². The number of hydrazine groups is 1. The second kappa shape index (κ2) is 13.7. The molecular formula is C29H43N5O5. The number of benzene rings is 1. The Morgan fingerprint density at radius 3 is 2.36 bits per heavy atom. The Kier molecular flexibility index (Phi) is 10.7. The summed E-state index contributed by atoms with van der Waals surface area (Å²) in [5, 5.41) is 20.5. The zero-order valence-corrected chi connectivity index (χ0v) is 23.6. The van der Waals surface area contributed by atoms with Gasteiger partial charge in [-0.05, 0) is 62.6 Å². The first-order valence-electron chi connectivity index (χ1n) is 13.9. The molecule has 2 aliphatic rings. The molecule has 6 atom stereocenters. The maximum atomic E-state index is 13.2. The molecule has 4 bridgehead atoms. The minimum atomic E-state index is -0.886. The van der Waals surface area contributed by atoms with Crippen molar-refractivity contribution >= 4 is 29.7 Å². The Morgan fingerprint density at radius 1 is 0.923 bits per heavy atom. The van der Waals surface area contributed by atoms with Gasteiger partial charge in [-0.3, -0.25) is 24.2 Å². The summed E-state index contributed by atoms with van der Waals surface area (Å²) < 4.78 is 0. The average Bonchev–Trinajstić information content (AvgIpc) is 2.92. The third-order valence-corrected chi connectivity index (χ3v) is 7.44. The summed E-state index contributed by atoms with van der Waals surface area (Å²) in [6.07, 6.45) is 5.18. The van der Waals surface area contributed by atoms with Crippen LogP contribution in [0.25, 0.3) is 6.08 Å². The predicted molar refractivity (Wildman–Crippen MR) is 149 cm³/mol. The highest BCUT2D eigenvalue weighted by Crippen LogP contribution is 2.18. The van der Waals surface area contributed by atoms with E-state index in [1.165, 1.54) is 5.01 Å². The molecule has 0 saturated carbocycles. The first-order chi connectivity index (χ1) is 18.5. The lowest BCUT2D eigenvalue weighted by Crippen LogP contribution is -2.62. The van der Waals surface area contributed by atoms with Crippen LogP contribution in [-0.4, -0.2) is 64.5 Å². The Morgan fingerprint density at radius 2 is 1.64 bits per heavy atom. The lowest BCUT2D eigenvalue weighted by molar-refractivity contribution is -0.143. The molecule has 1 fully saturated rings. The highest BCUT2D eigenvalue weighted by atomic mass is 16.3. The monoisotopic (exact) mass is 541 g/mol. The Bertz CT molecular complexity index is 1070. The van der Waals surface area contributed by atoms with E-state index >= 15 is 0 Å². The minimum absolute atomic E-state index is 0.203. The number of fused-ring (bicyclic) bond motifs is 4. The van der Waals surface area contributed by atoms with Crippen molar-refractivity contribution in [3.05, 3.63) is 41.5 Å². The van der Waals surface area contributed by atoms with E-state index in [9.17, 15) is 24.3 Å². The van der Waals surface area contributed by atoms with Crippen molar-refractivity contribution in [3.63, 3.8) is 0 Å². The molecule has 10 heteroatoms. The fourth-order valence-corrected chi connectivity index (χ4v) is 4.79. The second-order valence-electron chi connectivity index (χ2n) is 11.0. The van der Waals surface area contributed by atoms with Gasteiger partial charge in [0.1, 0.15) is 18.1 Å². The molecule has 10 nitrogen and oxygen atoms in total.